The predicted octanol–water partition coefficient (Wildman–Crippen LogP) is 1.10. The lowest BCUT2D eigenvalue weighted by molar-refractivity contribution is -0.879. The zero-order valence-electron chi connectivity index (χ0n) is 8.22. The number of likely N-dealkylation sites (tertiary alicyclic amines) is 1. The van der Waals surface area contributed by atoms with Crippen LogP contribution in [0.2, 0.25) is 0 Å². The number of hydroxylamine groups is 3. The van der Waals surface area contributed by atoms with Crippen LogP contribution < -0.4 is 4.73 Å². The van der Waals surface area contributed by atoms with Crippen LogP contribution in [0, 0.1) is 10.4 Å². The van der Waals surface area contributed by atoms with Gasteiger partial charge in [-0.05, 0) is 6.07 Å². The molecule has 76 valence electrons. The van der Waals surface area contributed by atoms with E-state index in [9.17, 15) is 10.4 Å². The molecule has 1 aromatic heterocycles. The Hall–Kier alpha value is -1.13. The zero-order valence-corrected chi connectivity index (χ0v) is 8.22. The van der Waals surface area contributed by atoms with Crippen LogP contribution in [0.5, 0.6) is 0 Å². The number of aromatic nitrogens is 1. The summed E-state index contributed by atoms with van der Waals surface area (Å²) in [4.78, 5) is 0. The van der Waals surface area contributed by atoms with Crippen LogP contribution in [0.4, 0.5) is 0 Å². The molecule has 2 heterocycles. The van der Waals surface area contributed by atoms with Crippen molar-refractivity contribution in [3.63, 3.8) is 0 Å². The predicted molar refractivity (Wildman–Crippen MR) is 51.8 cm³/mol. The van der Waals surface area contributed by atoms with Gasteiger partial charge in [-0.2, -0.15) is 4.73 Å². The quantitative estimate of drug-likeness (QED) is 0.382. The topological polar surface area (TPSA) is 50.0 Å². The van der Waals surface area contributed by atoms with Gasteiger partial charge in [-0.1, -0.05) is 0 Å². The number of nitrogens with zero attached hydrogens (tertiary/aromatic N) is 2. The summed E-state index contributed by atoms with van der Waals surface area (Å²) in [5, 5.41) is 23.0. The standard InChI is InChI=1S/C10H14N2O2/c1-12(14)7-3-5-10(12)9-4-2-6-11(13)8-9/h2,4,6,8,10H,3,5,7H2,1H3/t10-,12-/m0/s1. The summed E-state index contributed by atoms with van der Waals surface area (Å²) in [6.07, 6.45) is 4.76. The van der Waals surface area contributed by atoms with E-state index in [1.165, 1.54) is 12.4 Å². The van der Waals surface area contributed by atoms with Gasteiger partial charge < -0.3 is 15.1 Å². The molecule has 0 radical (unpaired) electrons. The van der Waals surface area contributed by atoms with Crippen molar-refractivity contribution in [2.75, 3.05) is 13.6 Å². The Labute approximate surface area is 83.1 Å². The maximum absolute atomic E-state index is 12.0. The van der Waals surface area contributed by atoms with Gasteiger partial charge in [-0.25, -0.2) is 0 Å². The Balaban J connectivity index is 2.31. The molecule has 0 unspecified atom stereocenters. The van der Waals surface area contributed by atoms with Crippen molar-refractivity contribution in [1.82, 2.24) is 0 Å². The summed E-state index contributed by atoms with van der Waals surface area (Å²) >= 11 is 0. The van der Waals surface area contributed by atoms with Crippen molar-refractivity contribution in [3.05, 3.63) is 40.5 Å². The molecule has 1 aliphatic heterocycles. The molecule has 0 bridgehead atoms. The van der Waals surface area contributed by atoms with Crippen LogP contribution >= 0.6 is 0 Å². The minimum atomic E-state index is -0.246. The first-order valence-electron chi connectivity index (χ1n) is 4.84. The molecule has 1 aliphatic rings. The second-order valence-electron chi connectivity index (χ2n) is 4.05. The average molecular weight is 194 g/mol. The average Bonchev–Trinajstić information content (AvgIpc) is 2.45. The van der Waals surface area contributed by atoms with Crippen molar-refractivity contribution in [3.8, 4) is 0 Å². The van der Waals surface area contributed by atoms with Crippen LogP contribution in [-0.4, -0.2) is 18.2 Å². The maximum atomic E-state index is 12.0. The third-order valence-corrected chi connectivity index (χ3v) is 2.92. The largest absolute Gasteiger partial charge is 0.633 e. The van der Waals surface area contributed by atoms with E-state index in [0.717, 1.165) is 23.1 Å². The lowest BCUT2D eigenvalue weighted by atomic mass is 10.1. The molecule has 2 rings (SSSR count). The summed E-state index contributed by atoms with van der Waals surface area (Å²) in [6, 6.07) is 3.50. The highest BCUT2D eigenvalue weighted by Gasteiger charge is 2.33. The molecule has 2 atom stereocenters. The summed E-state index contributed by atoms with van der Waals surface area (Å²) in [7, 11) is 1.68. The highest BCUT2D eigenvalue weighted by atomic mass is 16.5. The van der Waals surface area contributed by atoms with E-state index in [1.54, 1.807) is 13.1 Å². The Kier molecular flexibility index (Phi) is 2.17. The first kappa shape index (κ1) is 9.43. The SMILES string of the molecule is C[N@+]1([O-])CCC[C@H]1c1ccc[n+]([O-])c1. The second-order valence-corrected chi connectivity index (χ2v) is 4.05. The Morgan fingerprint density at radius 1 is 1.57 bits per heavy atom. The van der Waals surface area contributed by atoms with Crippen LogP contribution in [-0.2, 0) is 0 Å². The van der Waals surface area contributed by atoms with Gasteiger partial charge in [-0.15, -0.1) is 0 Å². The molecule has 14 heavy (non-hydrogen) atoms. The van der Waals surface area contributed by atoms with E-state index in [0.29, 0.717) is 6.54 Å². The van der Waals surface area contributed by atoms with Gasteiger partial charge >= 0.3 is 0 Å². The number of quaternary nitrogens is 1. The van der Waals surface area contributed by atoms with Crippen LogP contribution in [0.25, 0.3) is 0 Å². The summed E-state index contributed by atoms with van der Waals surface area (Å²) in [5.74, 6) is 0. The van der Waals surface area contributed by atoms with Crippen molar-refractivity contribution in [2.24, 2.45) is 0 Å². The normalized spacial score (nSPS) is 32.0. The summed E-state index contributed by atoms with van der Waals surface area (Å²) < 4.78 is 0.512. The number of hydrogen-bond acceptors (Lipinski definition) is 2. The van der Waals surface area contributed by atoms with Crippen LogP contribution in [0.15, 0.2) is 24.5 Å². The van der Waals surface area contributed by atoms with Crippen LogP contribution in [0.3, 0.4) is 0 Å². The molecule has 1 aromatic rings. The van der Waals surface area contributed by atoms with E-state index in [2.05, 4.69) is 0 Å². The van der Waals surface area contributed by atoms with E-state index >= 15 is 0 Å². The fourth-order valence-corrected chi connectivity index (χ4v) is 2.18. The lowest BCUT2D eigenvalue weighted by Crippen LogP contribution is -2.37. The van der Waals surface area contributed by atoms with E-state index in [1.807, 2.05) is 6.07 Å². The number of rotatable bonds is 1. The van der Waals surface area contributed by atoms with E-state index in [-0.39, 0.29) is 10.7 Å². The summed E-state index contributed by atoms with van der Waals surface area (Å²) in [6.45, 7) is 0.651. The van der Waals surface area contributed by atoms with Gasteiger partial charge in [0.25, 0.3) is 0 Å². The Morgan fingerprint density at radius 2 is 2.36 bits per heavy atom. The molecular weight excluding hydrogens is 180 g/mol. The third-order valence-electron chi connectivity index (χ3n) is 2.92. The van der Waals surface area contributed by atoms with Crippen molar-refractivity contribution < 1.29 is 9.38 Å². The van der Waals surface area contributed by atoms with E-state index in [4.69, 9.17) is 0 Å². The number of hydrogen-bond donors (Lipinski definition) is 0. The summed E-state index contributed by atoms with van der Waals surface area (Å²) in [5.41, 5.74) is 0.859. The maximum Gasteiger partial charge on any atom is 0.189 e. The molecule has 1 saturated heterocycles. The number of pyridine rings is 1. The molecule has 1 fully saturated rings. The first-order valence-corrected chi connectivity index (χ1v) is 4.84. The van der Waals surface area contributed by atoms with Gasteiger partial charge in [0.05, 0.1) is 19.2 Å². The van der Waals surface area contributed by atoms with Gasteiger partial charge in [0.2, 0.25) is 0 Å². The fourth-order valence-electron chi connectivity index (χ4n) is 2.18. The molecular formula is C10H14N2O2. The second kappa shape index (κ2) is 3.22. The molecule has 0 spiro atoms. The highest BCUT2D eigenvalue weighted by molar-refractivity contribution is 5.10. The Morgan fingerprint density at radius 3 is 2.93 bits per heavy atom. The highest BCUT2D eigenvalue weighted by Crippen LogP contribution is 2.35. The third kappa shape index (κ3) is 1.58. The molecule has 0 aromatic carbocycles. The first-order chi connectivity index (χ1) is 6.59. The fraction of sp³-hybridized carbons (Fsp3) is 0.500. The van der Waals surface area contributed by atoms with E-state index < -0.39 is 0 Å². The minimum absolute atomic E-state index is 0.0589. The molecule has 4 nitrogen and oxygen atoms in total. The van der Waals surface area contributed by atoms with Gasteiger partial charge in [0.15, 0.2) is 12.4 Å². The Bertz CT molecular complexity index is 339. The zero-order chi connectivity index (χ0) is 10.2. The van der Waals surface area contributed by atoms with Gasteiger partial charge in [0.1, 0.15) is 6.04 Å². The molecule has 0 amide bonds. The monoisotopic (exact) mass is 194 g/mol. The van der Waals surface area contributed by atoms with Crippen LogP contribution in [0.1, 0.15) is 24.4 Å². The van der Waals surface area contributed by atoms with Crippen molar-refractivity contribution in [2.45, 2.75) is 18.9 Å². The van der Waals surface area contributed by atoms with Crippen molar-refractivity contribution >= 4 is 0 Å². The lowest BCUT2D eigenvalue weighted by Gasteiger charge is -2.39. The molecule has 4 heteroatoms. The molecule has 0 saturated carbocycles. The molecule has 0 N–H and O–H groups in total. The smallest absolute Gasteiger partial charge is 0.189 e. The minimum Gasteiger partial charge on any atom is -0.633 e. The molecule has 0 aliphatic carbocycles. The van der Waals surface area contributed by atoms with Gasteiger partial charge in [0, 0.05) is 18.9 Å². The van der Waals surface area contributed by atoms with Crippen molar-refractivity contribution in [1.29, 1.82) is 0 Å². The van der Waals surface area contributed by atoms with Gasteiger partial charge in [-0.3, -0.25) is 0 Å².